The zero-order chi connectivity index (χ0) is 20.7. The lowest BCUT2D eigenvalue weighted by molar-refractivity contribution is 0.235. The molecule has 0 saturated heterocycles. The van der Waals surface area contributed by atoms with Crippen molar-refractivity contribution < 1.29 is 9.90 Å². The summed E-state index contributed by atoms with van der Waals surface area (Å²) >= 11 is 6.85. The SMILES string of the molecule is CC/C(C)=C\CC(C)N(C(=O)N(CO)c1ccc(Br)cc1)c1ccc(Br)cc1. The van der Waals surface area contributed by atoms with Gasteiger partial charge >= 0.3 is 6.03 Å². The van der Waals surface area contributed by atoms with Gasteiger partial charge in [-0.3, -0.25) is 9.80 Å². The lowest BCUT2D eigenvalue weighted by Gasteiger charge is -2.34. The molecule has 0 aromatic heterocycles. The van der Waals surface area contributed by atoms with Crippen LogP contribution in [0.5, 0.6) is 0 Å². The second-order valence-corrected chi connectivity index (χ2v) is 8.49. The molecule has 0 aliphatic rings. The first-order chi connectivity index (χ1) is 13.4. The van der Waals surface area contributed by atoms with Gasteiger partial charge in [-0.05, 0) is 75.2 Å². The standard InChI is InChI=1S/C22H26Br2N2O2/c1-4-16(2)5-6-17(3)26(21-13-9-19(24)10-14-21)22(28)25(15-27)20-11-7-18(23)8-12-20/h5,7-14,17,27H,4,6,15H2,1-3H3/b16-5-. The number of hydrogen-bond acceptors (Lipinski definition) is 2. The van der Waals surface area contributed by atoms with E-state index in [1.165, 1.54) is 10.5 Å². The first kappa shape index (κ1) is 22.7. The van der Waals surface area contributed by atoms with E-state index in [0.29, 0.717) is 5.69 Å². The molecule has 2 aromatic rings. The molecule has 1 N–H and O–H groups in total. The molecule has 0 bridgehead atoms. The van der Waals surface area contributed by atoms with Crippen molar-refractivity contribution in [2.24, 2.45) is 0 Å². The van der Waals surface area contributed by atoms with Gasteiger partial charge in [0.05, 0.1) is 0 Å². The maximum Gasteiger partial charge on any atom is 0.331 e. The van der Waals surface area contributed by atoms with Crippen LogP contribution in [0.2, 0.25) is 0 Å². The van der Waals surface area contributed by atoms with Crippen LogP contribution in [-0.4, -0.2) is 23.9 Å². The number of aliphatic hydroxyl groups excluding tert-OH is 1. The first-order valence-corrected chi connectivity index (χ1v) is 10.8. The van der Waals surface area contributed by atoms with E-state index in [1.807, 2.05) is 55.5 Å². The highest BCUT2D eigenvalue weighted by Gasteiger charge is 2.27. The van der Waals surface area contributed by atoms with Crippen LogP contribution in [0.4, 0.5) is 16.2 Å². The smallest absolute Gasteiger partial charge is 0.331 e. The van der Waals surface area contributed by atoms with Gasteiger partial charge in [0.2, 0.25) is 0 Å². The second kappa shape index (κ2) is 10.8. The van der Waals surface area contributed by atoms with Gasteiger partial charge in [-0.1, -0.05) is 50.4 Å². The molecule has 4 nitrogen and oxygen atoms in total. The molecule has 0 aliphatic carbocycles. The molecule has 2 amide bonds. The van der Waals surface area contributed by atoms with Crippen LogP contribution in [0, 0.1) is 0 Å². The summed E-state index contributed by atoms with van der Waals surface area (Å²) in [5.74, 6) is 0. The van der Waals surface area contributed by atoms with Crippen LogP contribution in [0.1, 0.15) is 33.6 Å². The van der Waals surface area contributed by atoms with E-state index in [-0.39, 0.29) is 12.1 Å². The largest absolute Gasteiger partial charge is 0.376 e. The number of carbonyl (C=O) groups excluding carboxylic acids is 1. The number of allylic oxidation sites excluding steroid dienone is 1. The van der Waals surface area contributed by atoms with Crippen molar-refractivity contribution in [1.29, 1.82) is 0 Å². The number of nitrogens with zero attached hydrogens (tertiary/aromatic N) is 2. The Labute approximate surface area is 184 Å². The predicted molar refractivity (Wildman–Crippen MR) is 124 cm³/mol. The number of benzene rings is 2. The molecule has 6 heteroatoms. The Morgan fingerprint density at radius 2 is 1.54 bits per heavy atom. The topological polar surface area (TPSA) is 43.8 Å². The number of urea groups is 1. The van der Waals surface area contributed by atoms with Gasteiger partial charge in [0.25, 0.3) is 0 Å². The van der Waals surface area contributed by atoms with E-state index in [4.69, 9.17) is 0 Å². The minimum Gasteiger partial charge on any atom is -0.376 e. The molecule has 28 heavy (non-hydrogen) atoms. The lowest BCUT2D eigenvalue weighted by Crippen LogP contribution is -2.48. The normalized spacial score (nSPS) is 12.6. The van der Waals surface area contributed by atoms with Crippen molar-refractivity contribution in [3.63, 3.8) is 0 Å². The fourth-order valence-electron chi connectivity index (χ4n) is 2.78. The molecule has 2 rings (SSSR count). The molecule has 0 radical (unpaired) electrons. The number of rotatable bonds is 7. The summed E-state index contributed by atoms with van der Waals surface area (Å²) in [5.41, 5.74) is 2.73. The van der Waals surface area contributed by atoms with Crippen molar-refractivity contribution in [2.45, 2.75) is 39.7 Å². The maximum atomic E-state index is 13.4. The molecule has 1 atom stereocenters. The highest BCUT2D eigenvalue weighted by Crippen LogP contribution is 2.26. The van der Waals surface area contributed by atoms with Crippen molar-refractivity contribution in [3.8, 4) is 0 Å². The highest BCUT2D eigenvalue weighted by atomic mass is 79.9. The third-order valence-electron chi connectivity index (χ3n) is 4.63. The van der Waals surface area contributed by atoms with Gasteiger partial charge in [-0.25, -0.2) is 4.79 Å². The molecule has 0 saturated carbocycles. The van der Waals surface area contributed by atoms with Crippen LogP contribution in [0.3, 0.4) is 0 Å². The van der Waals surface area contributed by atoms with Crippen LogP contribution >= 0.6 is 31.9 Å². The minimum absolute atomic E-state index is 0.0697. The quantitative estimate of drug-likeness (QED) is 0.332. The summed E-state index contributed by atoms with van der Waals surface area (Å²) in [6.45, 7) is 5.84. The average molecular weight is 510 g/mol. The molecule has 0 heterocycles. The first-order valence-electron chi connectivity index (χ1n) is 9.25. The Hall–Kier alpha value is -1.63. The summed E-state index contributed by atoms with van der Waals surface area (Å²) in [5, 5.41) is 9.94. The number of amides is 2. The van der Waals surface area contributed by atoms with E-state index in [9.17, 15) is 9.90 Å². The second-order valence-electron chi connectivity index (χ2n) is 6.66. The van der Waals surface area contributed by atoms with Gasteiger partial charge in [0.1, 0.15) is 6.73 Å². The number of aliphatic hydroxyl groups is 1. The van der Waals surface area contributed by atoms with Gasteiger partial charge in [-0.2, -0.15) is 0 Å². The summed E-state index contributed by atoms with van der Waals surface area (Å²) in [7, 11) is 0. The van der Waals surface area contributed by atoms with Gasteiger partial charge in [0, 0.05) is 26.4 Å². The van der Waals surface area contributed by atoms with Crippen LogP contribution in [0.25, 0.3) is 0 Å². The Bertz CT molecular complexity index is 804. The number of carbonyl (C=O) groups is 1. The highest BCUT2D eigenvalue weighted by molar-refractivity contribution is 9.10. The summed E-state index contributed by atoms with van der Waals surface area (Å²) < 4.78 is 1.87. The Morgan fingerprint density at radius 3 is 2.00 bits per heavy atom. The zero-order valence-electron chi connectivity index (χ0n) is 16.4. The minimum atomic E-state index is -0.399. The molecule has 0 fully saturated rings. The number of hydrogen-bond donors (Lipinski definition) is 1. The number of anilines is 2. The lowest BCUT2D eigenvalue weighted by atomic mass is 10.1. The van der Waals surface area contributed by atoms with Gasteiger partial charge in [-0.15, -0.1) is 0 Å². The number of halogens is 2. The monoisotopic (exact) mass is 508 g/mol. The molecular weight excluding hydrogens is 484 g/mol. The fraction of sp³-hybridized carbons (Fsp3) is 0.318. The molecule has 0 aliphatic heterocycles. The van der Waals surface area contributed by atoms with Gasteiger partial charge in [0.15, 0.2) is 0 Å². The summed E-state index contributed by atoms with van der Waals surface area (Å²) in [6, 6.07) is 14.6. The van der Waals surface area contributed by atoms with E-state index in [2.05, 4.69) is 51.8 Å². The fourth-order valence-corrected chi connectivity index (χ4v) is 3.31. The third kappa shape index (κ3) is 5.93. The predicted octanol–water partition coefficient (Wildman–Crippen LogP) is 6.73. The summed E-state index contributed by atoms with van der Waals surface area (Å²) in [4.78, 5) is 16.6. The van der Waals surface area contributed by atoms with Gasteiger partial charge < -0.3 is 5.11 Å². The maximum absolute atomic E-state index is 13.4. The van der Waals surface area contributed by atoms with E-state index >= 15 is 0 Å². The third-order valence-corrected chi connectivity index (χ3v) is 5.68. The van der Waals surface area contributed by atoms with Crippen molar-refractivity contribution in [1.82, 2.24) is 0 Å². The average Bonchev–Trinajstić information content (AvgIpc) is 2.69. The molecule has 150 valence electrons. The van der Waals surface area contributed by atoms with Crippen molar-refractivity contribution in [2.75, 3.05) is 16.5 Å². The Kier molecular flexibility index (Phi) is 8.73. The van der Waals surface area contributed by atoms with E-state index in [0.717, 1.165) is 27.5 Å². The van der Waals surface area contributed by atoms with E-state index in [1.54, 1.807) is 4.90 Å². The van der Waals surface area contributed by atoms with Crippen LogP contribution in [-0.2, 0) is 0 Å². The molecule has 2 aromatic carbocycles. The summed E-state index contributed by atoms with van der Waals surface area (Å²) in [6.07, 6.45) is 3.90. The van der Waals surface area contributed by atoms with E-state index < -0.39 is 6.73 Å². The van der Waals surface area contributed by atoms with Crippen LogP contribution < -0.4 is 9.80 Å². The Balaban J connectivity index is 2.39. The molecule has 0 spiro atoms. The van der Waals surface area contributed by atoms with Crippen LogP contribution in [0.15, 0.2) is 69.1 Å². The molecular formula is C22H26Br2N2O2. The Morgan fingerprint density at radius 1 is 1.04 bits per heavy atom. The van der Waals surface area contributed by atoms with Crippen molar-refractivity contribution in [3.05, 3.63) is 69.1 Å². The molecule has 1 unspecified atom stereocenters. The van der Waals surface area contributed by atoms with Crippen molar-refractivity contribution >= 4 is 49.3 Å². The zero-order valence-corrected chi connectivity index (χ0v) is 19.6.